The zero-order valence-corrected chi connectivity index (χ0v) is 21.0. The highest BCUT2D eigenvalue weighted by atomic mass is 16.5. The molecule has 4 fully saturated rings. The normalized spacial score (nSPS) is 41.2. The van der Waals surface area contributed by atoms with Gasteiger partial charge >= 0.3 is 5.97 Å². The molecule has 0 aromatic rings. The van der Waals surface area contributed by atoms with Gasteiger partial charge in [0.25, 0.3) is 0 Å². The first-order valence-corrected chi connectivity index (χ1v) is 14.1. The number of nitrogens with zero attached hydrogens (tertiary/aromatic N) is 1. The molecule has 0 unspecified atom stereocenters. The van der Waals surface area contributed by atoms with Crippen LogP contribution < -0.4 is 0 Å². The quantitative estimate of drug-likeness (QED) is 0.319. The molecule has 0 aromatic heterocycles. The predicted octanol–water partition coefficient (Wildman–Crippen LogP) is 7.29. The van der Waals surface area contributed by atoms with Crippen molar-refractivity contribution in [3.8, 4) is 0 Å². The second-order valence-electron chi connectivity index (χ2n) is 12.0. The first-order valence-electron chi connectivity index (χ1n) is 14.1. The van der Waals surface area contributed by atoms with Gasteiger partial charge in [0.05, 0.1) is 0 Å². The zero-order valence-electron chi connectivity index (χ0n) is 21.0. The molecule has 0 heterocycles. The zero-order chi connectivity index (χ0) is 22.5. The summed E-state index contributed by atoms with van der Waals surface area (Å²) in [5, 5.41) is 0. The molecule has 4 aliphatic rings. The third kappa shape index (κ3) is 6.19. The van der Waals surface area contributed by atoms with Gasteiger partial charge in [0.1, 0.15) is 6.10 Å². The maximum atomic E-state index is 11.5. The summed E-state index contributed by atoms with van der Waals surface area (Å²) >= 11 is 0. The summed E-state index contributed by atoms with van der Waals surface area (Å²) < 4.78 is 5.51. The first kappa shape index (κ1) is 24.3. The van der Waals surface area contributed by atoms with E-state index in [0.717, 1.165) is 54.6 Å². The van der Waals surface area contributed by atoms with Crippen LogP contribution in [0.5, 0.6) is 0 Å². The molecule has 4 rings (SSSR count). The lowest BCUT2D eigenvalue weighted by Gasteiger charge is -2.50. The molecule has 32 heavy (non-hydrogen) atoms. The van der Waals surface area contributed by atoms with Crippen LogP contribution in [0.15, 0.2) is 12.7 Å². The van der Waals surface area contributed by atoms with Gasteiger partial charge in [-0.1, -0.05) is 20.4 Å². The van der Waals surface area contributed by atoms with E-state index < -0.39 is 0 Å². The summed E-state index contributed by atoms with van der Waals surface area (Å²) in [6, 6.07) is 2.57. The average Bonchev–Trinajstić information content (AvgIpc) is 2.82. The molecule has 0 aliphatic heterocycles. The van der Waals surface area contributed by atoms with Crippen molar-refractivity contribution in [1.29, 1.82) is 0 Å². The van der Waals surface area contributed by atoms with E-state index in [1.54, 1.807) is 0 Å². The van der Waals surface area contributed by atoms with Crippen molar-refractivity contribution in [1.82, 2.24) is 4.90 Å². The number of carbonyl (C=O) groups excluding carboxylic acids is 1. The van der Waals surface area contributed by atoms with E-state index in [9.17, 15) is 4.79 Å². The van der Waals surface area contributed by atoms with Crippen LogP contribution in [0.1, 0.15) is 117 Å². The van der Waals surface area contributed by atoms with E-state index in [1.165, 1.54) is 96.0 Å². The summed E-state index contributed by atoms with van der Waals surface area (Å²) in [5.74, 6) is 3.39. The van der Waals surface area contributed by atoms with Crippen LogP contribution in [0.2, 0.25) is 0 Å². The molecule has 4 saturated carbocycles. The summed E-state index contributed by atoms with van der Waals surface area (Å²) in [4.78, 5) is 14.6. The van der Waals surface area contributed by atoms with Crippen LogP contribution in [-0.4, -0.2) is 35.1 Å². The van der Waals surface area contributed by atoms with Crippen molar-refractivity contribution >= 4 is 5.97 Å². The largest absolute Gasteiger partial charge is 0.459 e. The molecule has 3 heteroatoms. The number of carbonyl (C=O) groups is 1. The second kappa shape index (κ2) is 11.5. The number of rotatable bonds is 6. The fraction of sp³-hybridized carbons (Fsp3) is 0.897. The van der Waals surface area contributed by atoms with Gasteiger partial charge in [0, 0.05) is 24.2 Å². The molecule has 0 N–H and O–H groups in total. The molecule has 0 aromatic carbocycles. The Bertz CT molecular complexity index is 564. The van der Waals surface area contributed by atoms with Gasteiger partial charge in [0.15, 0.2) is 0 Å². The Morgan fingerprint density at radius 1 is 0.656 bits per heavy atom. The molecule has 0 atom stereocenters. The number of hydrogen-bond donors (Lipinski definition) is 0. The smallest absolute Gasteiger partial charge is 0.330 e. The molecule has 4 aliphatic carbocycles. The van der Waals surface area contributed by atoms with Crippen LogP contribution in [-0.2, 0) is 9.53 Å². The van der Waals surface area contributed by atoms with Crippen LogP contribution in [0.3, 0.4) is 0 Å². The number of ether oxygens (including phenoxy) is 1. The van der Waals surface area contributed by atoms with E-state index in [2.05, 4.69) is 25.3 Å². The minimum atomic E-state index is -0.247. The Labute approximate surface area is 197 Å². The molecule has 0 saturated heterocycles. The molecular formula is C29H49NO2. The van der Waals surface area contributed by atoms with Crippen molar-refractivity contribution in [2.75, 3.05) is 0 Å². The average molecular weight is 444 g/mol. The maximum absolute atomic E-state index is 11.5. The van der Waals surface area contributed by atoms with E-state index in [1.807, 2.05) is 0 Å². The Morgan fingerprint density at radius 2 is 1.03 bits per heavy atom. The van der Waals surface area contributed by atoms with Crippen LogP contribution >= 0.6 is 0 Å². The minimum absolute atomic E-state index is 0.131. The molecule has 3 nitrogen and oxygen atoms in total. The lowest BCUT2D eigenvalue weighted by Crippen LogP contribution is -2.52. The molecule has 0 radical (unpaired) electrons. The third-order valence-electron chi connectivity index (χ3n) is 9.81. The Kier molecular flexibility index (Phi) is 8.76. The van der Waals surface area contributed by atoms with Gasteiger partial charge < -0.3 is 4.74 Å². The third-order valence-corrected chi connectivity index (χ3v) is 9.81. The SMILES string of the molecule is C=CC(=O)OC1CCC(C2CCC(N(C3CCC(C)CC3)C3CCC(C)CC3)CC2)CC1. The van der Waals surface area contributed by atoms with E-state index in [-0.39, 0.29) is 12.1 Å². The van der Waals surface area contributed by atoms with Gasteiger partial charge in [-0.3, -0.25) is 4.90 Å². The fourth-order valence-electron chi connectivity index (χ4n) is 7.74. The number of esters is 1. The van der Waals surface area contributed by atoms with Crippen molar-refractivity contribution in [2.45, 2.75) is 141 Å². The molecule has 182 valence electrons. The topological polar surface area (TPSA) is 29.5 Å². The van der Waals surface area contributed by atoms with Gasteiger partial charge in [-0.25, -0.2) is 4.79 Å². The predicted molar refractivity (Wildman–Crippen MR) is 132 cm³/mol. The van der Waals surface area contributed by atoms with E-state index in [0.29, 0.717) is 0 Å². The van der Waals surface area contributed by atoms with Crippen molar-refractivity contribution < 1.29 is 9.53 Å². The standard InChI is InChI=1S/C29H49NO2/c1-4-29(31)32-28-19-11-24(12-20-28)23-9-17-27(18-10-23)30(25-13-5-21(2)6-14-25)26-15-7-22(3)8-16-26/h4,21-28H,1,5-20H2,2-3H3. The van der Waals surface area contributed by atoms with Crippen LogP contribution in [0, 0.1) is 23.7 Å². The lowest BCUT2D eigenvalue weighted by atomic mass is 9.71. The van der Waals surface area contributed by atoms with Crippen molar-refractivity contribution in [3.05, 3.63) is 12.7 Å². The molecular weight excluding hydrogens is 394 g/mol. The highest BCUT2D eigenvalue weighted by Gasteiger charge is 2.39. The van der Waals surface area contributed by atoms with Crippen LogP contribution in [0.4, 0.5) is 0 Å². The molecule has 0 amide bonds. The Morgan fingerprint density at radius 3 is 1.44 bits per heavy atom. The Balaban J connectivity index is 1.30. The summed E-state index contributed by atoms with van der Waals surface area (Å²) in [7, 11) is 0. The van der Waals surface area contributed by atoms with Gasteiger partial charge in [-0.2, -0.15) is 0 Å². The number of hydrogen-bond acceptors (Lipinski definition) is 3. The summed E-state index contributed by atoms with van der Waals surface area (Å²) in [6.45, 7) is 8.45. The van der Waals surface area contributed by atoms with Crippen molar-refractivity contribution in [3.63, 3.8) is 0 Å². The van der Waals surface area contributed by atoms with Gasteiger partial charge in [-0.05, 0) is 126 Å². The maximum Gasteiger partial charge on any atom is 0.330 e. The molecule has 0 spiro atoms. The molecule has 0 bridgehead atoms. The van der Waals surface area contributed by atoms with Crippen LogP contribution in [0.25, 0.3) is 0 Å². The van der Waals surface area contributed by atoms with Gasteiger partial charge in [0.2, 0.25) is 0 Å². The summed E-state index contributed by atoms with van der Waals surface area (Å²) in [6.07, 6.45) is 23.3. The van der Waals surface area contributed by atoms with Gasteiger partial charge in [-0.15, -0.1) is 0 Å². The van der Waals surface area contributed by atoms with E-state index in [4.69, 9.17) is 4.74 Å². The fourth-order valence-corrected chi connectivity index (χ4v) is 7.74. The minimum Gasteiger partial charge on any atom is -0.459 e. The monoisotopic (exact) mass is 443 g/mol. The second-order valence-corrected chi connectivity index (χ2v) is 12.0. The van der Waals surface area contributed by atoms with E-state index >= 15 is 0 Å². The highest BCUT2D eigenvalue weighted by molar-refractivity contribution is 5.81. The Hall–Kier alpha value is -0.830. The highest BCUT2D eigenvalue weighted by Crippen LogP contribution is 2.43. The first-order chi connectivity index (χ1) is 15.5. The van der Waals surface area contributed by atoms with Crippen molar-refractivity contribution in [2.24, 2.45) is 23.7 Å². The summed E-state index contributed by atoms with van der Waals surface area (Å²) in [5.41, 5.74) is 0. The lowest BCUT2D eigenvalue weighted by molar-refractivity contribution is -0.145.